The summed E-state index contributed by atoms with van der Waals surface area (Å²) in [5.74, 6) is -0.366. The van der Waals surface area contributed by atoms with Crippen molar-refractivity contribution < 1.29 is 19.2 Å². The zero-order valence-electron chi connectivity index (χ0n) is 22.1. The summed E-state index contributed by atoms with van der Waals surface area (Å²) in [6, 6.07) is 1.94. The van der Waals surface area contributed by atoms with Gasteiger partial charge in [-0.05, 0) is 81.9 Å². The smallest absolute Gasteiger partial charge is 0.339 e. The lowest BCUT2D eigenvalue weighted by Crippen LogP contribution is -2.37. The number of hydrogen-bond donors (Lipinski definition) is 0. The molecule has 0 aromatic heterocycles. The number of carbonyl (C=O) groups is 2. The summed E-state index contributed by atoms with van der Waals surface area (Å²) in [7, 11) is 0. The Morgan fingerprint density at radius 1 is 1.14 bits per heavy atom. The molecule has 7 heteroatoms. The molecule has 2 aliphatic rings. The number of piperidine rings is 1. The average molecular weight is 517 g/mol. The second-order valence-corrected chi connectivity index (χ2v) is 10.4. The molecule has 2 aliphatic heterocycles. The van der Waals surface area contributed by atoms with Gasteiger partial charge in [-0.15, -0.1) is 0 Å². The van der Waals surface area contributed by atoms with Crippen LogP contribution in [0.4, 0.5) is 0 Å². The number of amides is 1. The lowest BCUT2D eigenvalue weighted by atomic mass is 9.93. The number of aryl methyl sites for hydroxylation is 2. The van der Waals surface area contributed by atoms with Crippen molar-refractivity contribution in [2.24, 2.45) is 5.16 Å². The van der Waals surface area contributed by atoms with E-state index in [0.29, 0.717) is 23.4 Å². The highest BCUT2D eigenvalue weighted by molar-refractivity contribution is 6.33. The highest BCUT2D eigenvalue weighted by Gasteiger charge is 2.24. The number of allylic oxidation sites excluding steroid dienone is 1. The number of cyclic esters (lactones) is 1. The first-order chi connectivity index (χ1) is 17.4. The van der Waals surface area contributed by atoms with Crippen molar-refractivity contribution in [3.8, 4) is 0 Å². The molecule has 1 saturated heterocycles. The van der Waals surface area contributed by atoms with Crippen molar-refractivity contribution >= 4 is 29.2 Å². The Balaban J connectivity index is 1.86. The van der Waals surface area contributed by atoms with E-state index in [1.54, 1.807) is 0 Å². The minimum atomic E-state index is -0.339. The lowest BCUT2D eigenvalue weighted by molar-refractivity contribution is -0.137. The van der Waals surface area contributed by atoms with E-state index in [1.807, 2.05) is 24.8 Å². The van der Waals surface area contributed by atoms with E-state index in [1.165, 1.54) is 6.42 Å². The van der Waals surface area contributed by atoms with Gasteiger partial charge in [0.15, 0.2) is 6.61 Å². The van der Waals surface area contributed by atoms with Gasteiger partial charge >= 0.3 is 5.97 Å². The van der Waals surface area contributed by atoms with Gasteiger partial charge in [-0.2, -0.15) is 0 Å². The summed E-state index contributed by atoms with van der Waals surface area (Å²) in [4.78, 5) is 33.4. The molecule has 0 radical (unpaired) electrons. The van der Waals surface area contributed by atoms with E-state index < -0.39 is 0 Å². The number of hydrogen-bond acceptors (Lipinski definition) is 5. The van der Waals surface area contributed by atoms with Crippen molar-refractivity contribution in [2.75, 3.05) is 19.7 Å². The molecular weight excluding hydrogens is 476 g/mol. The number of rotatable bonds is 5. The first-order valence-electron chi connectivity index (χ1n) is 13.5. The van der Waals surface area contributed by atoms with Crippen molar-refractivity contribution in [3.63, 3.8) is 0 Å². The average Bonchev–Trinajstić information content (AvgIpc) is 2.86. The quantitative estimate of drug-likeness (QED) is 0.247. The van der Waals surface area contributed by atoms with E-state index in [-0.39, 0.29) is 24.6 Å². The summed E-state index contributed by atoms with van der Waals surface area (Å²) in [6.07, 6.45) is 13.9. The number of halogens is 1. The number of ether oxygens (including phenoxy) is 1. The van der Waals surface area contributed by atoms with Crippen LogP contribution >= 0.6 is 11.6 Å². The van der Waals surface area contributed by atoms with Gasteiger partial charge in [-0.1, -0.05) is 48.3 Å². The van der Waals surface area contributed by atoms with Gasteiger partial charge in [0, 0.05) is 31.0 Å². The Hall–Kier alpha value is -2.34. The van der Waals surface area contributed by atoms with E-state index in [2.05, 4.69) is 24.2 Å². The van der Waals surface area contributed by atoms with Crippen molar-refractivity contribution in [1.29, 1.82) is 0 Å². The molecule has 0 N–H and O–H groups in total. The summed E-state index contributed by atoms with van der Waals surface area (Å²) in [6.45, 7) is 7.47. The molecule has 1 fully saturated rings. The third-order valence-corrected chi connectivity index (χ3v) is 7.48. The minimum absolute atomic E-state index is 0.0271. The van der Waals surface area contributed by atoms with Gasteiger partial charge in [0.25, 0.3) is 5.91 Å². The van der Waals surface area contributed by atoms with Gasteiger partial charge < -0.3 is 14.5 Å². The fourth-order valence-electron chi connectivity index (χ4n) is 4.99. The predicted octanol–water partition coefficient (Wildman–Crippen LogP) is 6.73. The summed E-state index contributed by atoms with van der Waals surface area (Å²) in [5, 5.41) is 4.96. The third kappa shape index (κ3) is 8.09. The van der Waals surface area contributed by atoms with Gasteiger partial charge in [-0.3, -0.25) is 4.79 Å². The molecule has 1 atom stereocenters. The lowest BCUT2D eigenvalue weighted by Gasteiger charge is -2.26. The van der Waals surface area contributed by atoms with Crippen LogP contribution in [0, 0.1) is 13.8 Å². The van der Waals surface area contributed by atoms with E-state index in [4.69, 9.17) is 21.2 Å². The van der Waals surface area contributed by atoms with Crippen molar-refractivity contribution in [1.82, 2.24) is 4.90 Å². The number of nitrogens with zero attached hydrogens (tertiary/aromatic N) is 2. The zero-order valence-corrected chi connectivity index (χ0v) is 22.9. The van der Waals surface area contributed by atoms with Crippen molar-refractivity contribution in [3.05, 3.63) is 45.5 Å². The van der Waals surface area contributed by atoms with Crippen LogP contribution in [-0.4, -0.2) is 48.3 Å². The molecule has 1 aromatic carbocycles. The maximum Gasteiger partial charge on any atom is 0.339 e. The van der Waals surface area contributed by atoms with Gasteiger partial charge in [0.1, 0.15) is 6.10 Å². The Labute approximate surface area is 221 Å². The monoisotopic (exact) mass is 516 g/mol. The summed E-state index contributed by atoms with van der Waals surface area (Å²) < 4.78 is 5.98. The highest BCUT2D eigenvalue weighted by Crippen LogP contribution is 2.30. The number of fused-ring (bicyclic) bond motifs is 1. The molecule has 0 aliphatic carbocycles. The highest BCUT2D eigenvalue weighted by atomic mass is 35.5. The number of likely N-dealkylation sites (tertiary alicyclic amines) is 1. The Kier molecular flexibility index (Phi) is 11.3. The maximum absolute atomic E-state index is 13.4. The van der Waals surface area contributed by atoms with Crippen LogP contribution in [0.5, 0.6) is 0 Å². The van der Waals surface area contributed by atoms with E-state index in [0.717, 1.165) is 86.9 Å². The maximum atomic E-state index is 13.4. The topological polar surface area (TPSA) is 68.2 Å². The van der Waals surface area contributed by atoms with Gasteiger partial charge in [0.05, 0.1) is 11.3 Å². The number of benzene rings is 1. The van der Waals surface area contributed by atoms with Crippen LogP contribution in [-0.2, 0) is 20.8 Å². The second kappa shape index (κ2) is 14.4. The number of oxime groups is 1. The molecule has 0 bridgehead atoms. The summed E-state index contributed by atoms with van der Waals surface area (Å²) >= 11 is 6.77. The van der Waals surface area contributed by atoms with Crippen LogP contribution in [0.1, 0.15) is 98.2 Å². The number of esters is 1. The minimum Gasteiger partial charge on any atom is -0.458 e. The molecule has 2 heterocycles. The molecule has 1 unspecified atom stereocenters. The second-order valence-electron chi connectivity index (χ2n) is 10.00. The largest absolute Gasteiger partial charge is 0.458 e. The molecule has 1 aromatic rings. The van der Waals surface area contributed by atoms with E-state index in [9.17, 15) is 9.59 Å². The SMILES string of the molecule is CCCC1C/C=C/CCCCC(=NOCC(=O)N2CCCCC2)Cc2c(Cl)c(C)cc(C)c2C(=O)O1. The molecule has 0 spiro atoms. The van der Waals surface area contributed by atoms with E-state index >= 15 is 0 Å². The first kappa shape index (κ1) is 28.2. The molecule has 36 heavy (non-hydrogen) atoms. The zero-order chi connectivity index (χ0) is 25.9. The molecule has 3 rings (SSSR count). The van der Waals surface area contributed by atoms with Crippen LogP contribution in [0.25, 0.3) is 0 Å². The standard InChI is InChI=1S/C29H41ClN2O4/c1-4-13-24-15-10-7-5-6-9-14-23(31-35-20-26(33)32-16-11-8-12-17-32)19-25-27(29(34)36-24)21(2)18-22(3)28(25)30/h7,10,18,24H,4-6,8-9,11-17,19-20H2,1-3H3/b10-7+,31-23?. The fraction of sp³-hybridized carbons (Fsp3) is 0.621. The Morgan fingerprint density at radius 2 is 1.92 bits per heavy atom. The molecular formula is C29H41ClN2O4. The fourth-order valence-corrected chi connectivity index (χ4v) is 5.21. The molecule has 1 amide bonds. The van der Waals surface area contributed by atoms with Crippen LogP contribution in [0.3, 0.4) is 0 Å². The molecule has 0 saturated carbocycles. The first-order valence-corrected chi connectivity index (χ1v) is 13.9. The molecule has 6 nitrogen and oxygen atoms in total. The van der Waals surface area contributed by atoms with Crippen LogP contribution in [0.2, 0.25) is 5.02 Å². The normalized spacial score (nSPS) is 21.9. The van der Waals surface area contributed by atoms with Crippen molar-refractivity contribution in [2.45, 2.75) is 97.5 Å². The summed E-state index contributed by atoms with van der Waals surface area (Å²) in [5.41, 5.74) is 3.79. The Morgan fingerprint density at radius 3 is 2.67 bits per heavy atom. The van der Waals surface area contributed by atoms with Gasteiger partial charge in [0.2, 0.25) is 0 Å². The van der Waals surface area contributed by atoms with Gasteiger partial charge in [-0.25, -0.2) is 4.79 Å². The number of carbonyl (C=O) groups excluding carboxylic acids is 2. The predicted molar refractivity (Wildman–Crippen MR) is 145 cm³/mol. The van der Waals surface area contributed by atoms with Crippen LogP contribution in [0.15, 0.2) is 23.4 Å². The molecule has 198 valence electrons. The Bertz CT molecular complexity index is 967. The van der Waals surface area contributed by atoms with Crippen LogP contribution < -0.4 is 0 Å². The third-order valence-electron chi connectivity index (χ3n) is 6.95.